The van der Waals surface area contributed by atoms with E-state index in [1.54, 1.807) is 54.6 Å². The van der Waals surface area contributed by atoms with Crippen molar-refractivity contribution >= 4 is 11.9 Å². The van der Waals surface area contributed by atoms with Crippen molar-refractivity contribution in [1.82, 2.24) is 9.78 Å². The van der Waals surface area contributed by atoms with E-state index in [4.69, 9.17) is 4.74 Å². The van der Waals surface area contributed by atoms with Gasteiger partial charge in [-0.2, -0.15) is 18.3 Å². The molecule has 0 atom stereocenters. The second kappa shape index (κ2) is 7.62. The lowest BCUT2D eigenvalue weighted by molar-refractivity contribution is -0.181. The number of aromatic nitrogens is 2. The molecule has 1 heterocycles. The fourth-order valence-corrected chi connectivity index (χ4v) is 2.53. The first kappa shape index (κ1) is 20.4. The first-order valence-electron chi connectivity index (χ1n) is 8.86. The molecule has 29 heavy (non-hydrogen) atoms. The maximum Gasteiger partial charge on any atom is 0.418 e. The quantitative estimate of drug-likeness (QED) is 0.614. The predicted octanol–water partition coefficient (Wildman–Crippen LogP) is 5.63. The molecule has 0 bridgehead atoms. The van der Waals surface area contributed by atoms with Gasteiger partial charge >= 0.3 is 12.3 Å². The summed E-state index contributed by atoms with van der Waals surface area (Å²) in [4.78, 5) is 12.3. The number of carbonyl (C=O) groups is 1. The van der Waals surface area contributed by atoms with E-state index >= 15 is 0 Å². The van der Waals surface area contributed by atoms with Crippen molar-refractivity contribution in [1.29, 1.82) is 0 Å². The van der Waals surface area contributed by atoms with Crippen molar-refractivity contribution in [3.05, 3.63) is 71.9 Å². The predicted molar refractivity (Wildman–Crippen MR) is 103 cm³/mol. The third-order valence-electron chi connectivity index (χ3n) is 4.52. The van der Waals surface area contributed by atoms with Gasteiger partial charge in [0.25, 0.3) is 0 Å². The molecule has 0 fully saturated rings. The monoisotopic (exact) mass is 403 g/mol. The highest BCUT2D eigenvalue weighted by Gasteiger charge is 2.50. The SMILES string of the molecule is Cc1ccc(-n2nc(C(C)(C)C(F)(F)F)cc2NC(=O)Oc2ccccc2)cc1. The zero-order chi connectivity index (χ0) is 21.2. The first-order chi connectivity index (χ1) is 13.6. The molecule has 0 unspecified atom stereocenters. The number of rotatable bonds is 4. The Kier molecular flexibility index (Phi) is 5.37. The molecule has 2 aromatic carbocycles. The van der Waals surface area contributed by atoms with E-state index in [0.29, 0.717) is 11.4 Å². The van der Waals surface area contributed by atoms with Crippen LogP contribution in [0.1, 0.15) is 25.1 Å². The number of aryl methyl sites for hydroxylation is 1. The molecule has 1 aromatic heterocycles. The van der Waals surface area contributed by atoms with Gasteiger partial charge in [0.15, 0.2) is 0 Å². The largest absolute Gasteiger partial charge is 0.418 e. The Hall–Kier alpha value is -3.29. The number of halogens is 3. The van der Waals surface area contributed by atoms with Gasteiger partial charge < -0.3 is 4.74 Å². The van der Waals surface area contributed by atoms with E-state index < -0.39 is 17.7 Å². The topological polar surface area (TPSA) is 56.2 Å². The summed E-state index contributed by atoms with van der Waals surface area (Å²) in [6, 6.07) is 16.6. The van der Waals surface area contributed by atoms with Crippen LogP contribution in [0.4, 0.5) is 23.8 Å². The van der Waals surface area contributed by atoms with Crippen molar-refractivity contribution in [2.24, 2.45) is 0 Å². The maximum absolute atomic E-state index is 13.5. The Morgan fingerprint density at radius 1 is 1.03 bits per heavy atom. The molecule has 0 aliphatic rings. The number of anilines is 1. The molecular formula is C21H20F3N3O2. The zero-order valence-corrected chi connectivity index (χ0v) is 16.1. The third kappa shape index (κ3) is 4.42. The molecule has 0 aliphatic heterocycles. The fourth-order valence-electron chi connectivity index (χ4n) is 2.53. The van der Waals surface area contributed by atoms with Crippen LogP contribution in [0.3, 0.4) is 0 Å². The smallest absolute Gasteiger partial charge is 0.410 e. The van der Waals surface area contributed by atoms with Crippen LogP contribution in [0.2, 0.25) is 0 Å². The van der Waals surface area contributed by atoms with Crippen molar-refractivity contribution in [2.75, 3.05) is 5.32 Å². The van der Waals surface area contributed by atoms with Gasteiger partial charge in [0.05, 0.1) is 11.4 Å². The summed E-state index contributed by atoms with van der Waals surface area (Å²) in [6.07, 6.45) is -5.35. The summed E-state index contributed by atoms with van der Waals surface area (Å²) in [6.45, 7) is 3.98. The standard InChI is InChI=1S/C21H20F3N3O2/c1-14-9-11-15(12-10-14)27-18(13-17(26-27)20(2,3)21(22,23)24)25-19(28)29-16-7-5-4-6-8-16/h4-13H,1-3H3,(H,25,28). The molecule has 1 amide bonds. The second-order valence-corrected chi connectivity index (χ2v) is 7.11. The number of hydrogen-bond acceptors (Lipinski definition) is 3. The van der Waals surface area contributed by atoms with Gasteiger partial charge in [0.1, 0.15) is 17.0 Å². The van der Waals surface area contributed by atoms with Crippen molar-refractivity contribution in [3.63, 3.8) is 0 Å². The van der Waals surface area contributed by atoms with Crippen LogP contribution in [0.5, 0.6) is 5.75 Å². The average molecular weight is 403 g/mol. The number of alkyl halides is 3. The van der Waals surface area contributed by atoms with Crippen LogP contribution < -0.4 is 10.1 Å². The minimum atomic E-state index is -4.51. The van der Waals surface area contributed by atoms with Crippen LogP contribution in [0, 0.1) is 6.92 Å². The molecule has 0 saturated carbocycles. The molecule has 152 valence electrons. The van der Waals surface area contributed by atoms with Crippen LogP contribution in [0.25, 0.3) is 5.69 Å². The van der Waals surface area contributed by atoms with Crippen LogP contribution in [0.15, 0.2) is 60.7 Å². The summed E-state index contributed by atoms with van der Waals surface area (Å²) in [5.41, 5.74) is -0.937. The summed E-state index contributed by atoms with van der Waals surface area (Å²) in [7, 11) is 0. The van der Waals surface area contributed by atoms with Gasteiger partial charge in [-0.1, -0.05) is 35.9 Å². The molecule has 8 heteroatoms. The maximum atomic E-state index is 13.5. The van der Waals surface area contributed by atoms with E-state index in [1.165, 1.54) is 10.7 Å². The van der Waals surface area contributed by atoms with Gasteiger partial charge in [0.2, 0.25) is 0 Å². The van der Waals surface area contributed by atoms with Gasteiger partial charge in [0, 0.05) is 6.07 Å². The first-order valence-corrected chi connectivity index (χ1v) is 8.86. The van der Waals surface area contributed by atoms with Gasteiger partial charge in [-0.15, -0.1) is 0 Å². The van der Waals surface area contributed by atoms with E-state index in [1.807, 2.05) is 6.92 Å². The third-order valence-corrected chi connectivity index (χ3v) is 4.52. The normalized spacial score (nSPS) is 11.9. The van der Waals surface area contributed by atoms with Crippen molar-refractivity contribution < 1.29 is 22.7 Å². The van der Waals surface area contributed by atoms with Crippen LogP contribution >= 0.6 is 0 Å². The van der Waals surface area contributed by atoms with E-state index in [9.17, 15) is 18.0 Å². The Balaban J connectivity index is 1.97. The molecule has 0 saturated heterocycles. The van der Waals surface area contributed by atoms with Gasteiger partial charge in [-0.25, -0.2) is 9.48 Å². The molecule has 3 aromatic rings. The molecule has 0 radical (unpaired) electrons. The summed E-state index contributed by atoms with van der Waals surface area (Å²) >= 11 is 0. The van der Waals surface area contributed by atoms with Gasteiger partial charge in [-0.05, 0) is 45.0 Å². The number of hydrogen-bond donors (Lipinski definition) is 1. The number of amides is 1. The second-order valence-electron chi connectivity index (χ2n) is 7.11. The molecule has 5 nitrogen and oxygen atoms in total. The van der Waals surface area contributed by atoms with Crippen LogP contribution in [-0.2, 0) is 5.41 Å². The highest BCUT2D eigenvalue weighted by atomic mass is 19.4. The number of ether oxygens (including phenoxy) is 1. The summed E-state index contributed by atoms with van der Waals surface area (Å²) < 4.78 is 46.9. The molecule has 0 aliphatic carbocycles. The fraction of sp³-hybridized carbons (Fsp3) is 0.238. The lowest BCUT2D eigenvalue weighted by Crippen LogP contribution is -2.36. The minimum Gasteiger partial charge on any atom is -0.410 e. The zero-order valence-electron chi connectivity index (χ0n) is 16.1. The van der Waals surface area contributed by atoms with Crippen LogP contribution in [-0.4, -0.2) is 22.1 Å². The minimum absolute atomic E-state index is 0.0714. The summed E-state index contributed by atoms with van der Waals surface area (Å²) in [5.74, 6) is 0.379. The number of para-hydroxylation sites is 1. The highest BCUT2D eigenvalue weighted by Crippen LogP contribution is 2.40. The molecule has 1 N–H and O–H groups in total. The number of carbonyl (C=O) groups excluding carboxylic acids is 1. The Bertz CT molecular complexity index is 994. The Morgan fingerprint density at radius 2 is 1.66 bits per heavy atom. The van der Waals surface area contributed by atoms with E-state index in [2.05, 4.69) is 10.4 Å². The number of nitrogens with one attached hydrogen (secondary N) is 1. The summed E-state index contributed by atoms with van der Waals surface area (Å²) in [5, 5.41) is 6.62. The van der Waals surface area contributed by atoms with Gasteiger partial charge in [-0.3, -0.25) is 5.32 Å². The lowest BCUT2D eigenvalue weighted by Gasteiger charge is -2.25. The molecular weight excluding hydrogens is 383 g/mol. The molecule has 0 spiro atoms. The lowest BCUT2D eigenvalue weighted by atomic mass is 9.89. The van der Waals surface area contributed by atoms with E-state index in [0.717, 1.165) is 19.4 Å². The number of nitrogens with zero attached hydrogens (tertiary/aromatic N) is 2. The van der Waals surface area contributed by atoms with Crippen molar-refractivity contribution in [2.45, 2.75) is 32.4 Å². The average Bonchev–Trinajstić information content (AvgIpc) is 3.06. The highest BCUT2D eigenvalue weighted by molar-refractivity contribution is 5.85. The van der Waals surface area contributed by atoms with E-state index in [-0.39, 0.29) is 11.5 Å². The number of benzene rings is 2. The Labute approximate surface area is 166 Å². The Morgan fingerprint density at radius 3 is 2.24 bits per heavy atom. The van der Waals surface area contributed by atoms with Crippen molar-refractivity contribution in [3.8, 4) is 11.4 Å². The molecule has 3 rings (SSSR count).